The van der Waals surface area contributed by atoms with Gasteiger partial charge in [0.25, 0.3) is 5.91 Å². The molecule has 1 aromatic carbocycles. The van der Waals surface area contributed by atoms with Crippen molar-refractivity contribution in [2.45, 2.75) is 38.5 Å². The summed E-state index contributed by atoms with van der Waals surface area (Å²) >= 11 is 0. The van der Waals surface area contributed by atoms with Crippen LogP contribution in [0.25, 0.3) is 0 Å². The third-order valence-corrected chi connectivity index (χ3v) is 4.29. The maximum Gasteiger partial charge on any atom is 0.253 e. The van der Waals surface area contributed by atoms with Gasteiger partial charge in [-0.05, 0) is 43.5 Å². The Morgan fingerprint density at radius 1 is 1.30 bits per heavy atom. The summed E-state index contributed by atoms with van der Waals surface area (Å²) in [5, 5.41) is 5.15. The van der Waals surface area contributed by atoms with Crippen LogP contribution in [0.5, 0.6) is 0 Å². The van der Waals surface area contributed by atoms with Gasteiger partial charge in [-0.2, -0.15) is 0 Å². The Morgan fingerprint density at radius 2 is 1.90 bits per heavy atom. The molecule has 0 fully saturated rings. The zero-order valence-electron chi connectivity index (χ0n) is 12.4. The molecule has 0 aliphatic carbocycles. The minimum absolute atomic E-state index is 0.0205. The van der Waals surface area contributed by atoms with Crippen molar-refractivity contribution in [1.82, 2.24) is 4.90 Å². The van der Waals surface area contributed by atoms with Crippen molar-refractivity contribution in [2.24, 2.45) is 5.14 Å². The zero-order valence-corrected chi connectivity index (χ0v) is 13.3. The predicted octanol–water partition coefficient (Wildman–Crippen LogP) is 1.82. The summed E-state index contributed by atoms with van der Waals surface area (Å²) < 4.78 is 22.9. The molecule has 0 radical (unpaired) electrons. The van der Waals surface area contributed by atoms with E-state index in [1.54, 1.807) is 18.9 Å². The lowest BCUT2D eigenvalue weighted by Crippen LogP contribution is -2.29. The van der Waals surface area contributed by atoms with E-state index < -0.39 is 10.0 Å². The monoisotopic (exact) mass is 298 g/mol. The van der Waals surface area contributed by atoms with Crippen molar-refractivity contribution in [3.63, 3.8) is 0 Å². The van der Waals surface area contributed by atoms with Gasteiger partial charge in [0.1, 0.15) is 0 Å². The molecule has 5 nitrogen and oxygen atoms in total. The average Bonchev–Trinajstić information content (AvgIpc) is 2.36. The number of carbonyl (C=O) groups is 1. The van der Waals surface area contributed by atoms with Crippen LogP contribution >= 0.6 is 0 Å². The molecule has 0 unspecified atom stereocenters. The second-order valence-corrected chi connectivity index (χ2v) is 6.60. The Balaban J connectivity index is 3.24. The van der Waals surface area contributed by atoms with Crippen LogP contribution in [0, 0.1) is 13.8 Å². The summed E-state index contributed by atoms with van der Waals surface area (Å²) in [7, 11) is -2.09. The Bertz CT molecular complexity index is 609. The van der Waals surface area contributed by atoms with Crippen LogP contribution in [0.3, 0.4) is 0 Å². The van der Waals surface area contributed by atoms with Crippen LogP contribution in [0.1, 0.15) is 41.3 Å². The van der Waals surface area contributed by atoms with Gasteiger partial charge in [0, 0.05) is 19.2 Å². The highest BCUT2D eigenvalue weighted by atomic mass is 32.2. The smallest absolute Gasteiger partial charge is 0.253 e. The topological polar surface area (TPSA) is 80.5 Å². The second-order valence-electron chi connectivity index (χ2n) is 5.04. The lowest BCUT2D eigenvalue weighted by Gasteiger charge is -2.19. The lowest BCUT2D eigenvalue weighted by molar-refractivity contribution is 0.0792. The Labute approximate surface area is 120 Å². The molecular weight excluding hydrogens is 276 g/mol. The van der Waals surface area contributed by atoms with Gasteiger partial charge in [-0.1, -0.05) is 13.3 Å². The zero-order chi connectivity index (χ0) is 15.5. The summed E-state index contributed by atoms with van der Waals surface area (Å²) in [6, 6.07) is 2.86. The number of primary sulfonamides is 1. The summed E-state index contributed by atoms with van der Waals surface area (Å²) in [6.45, 7) is 6.28. The first kappa shape index (κ1) is 16.7. The number of sulfonamides is 1. The van der Waals surface area contributed by atoms with Crippen LogP contribution < -0.4 is 5.14 Å². The largest absolute Gasteiger partial charge is 0.342 e. The fourth-order valence-electron chi connectivity index (χ4n) is 1.92. The fourth-order valence-corrected chi connectivity index (χ4v) is 2.54. The van der Waals surface area contributed by atoms with E-state index in [0.717, 1.165) is 24.0 Å². The maximum absolute atomic E-state index is 12.4. The minimum Gasteiger partial charge on any atom is -0.342 e. The molecule has 0 atom stereocenters. The molecule has 1 rings (SSSR count). The molecule has 0 saturated heterocycles. The van der Waals surface area contributed by atoms with Crippen LogP contribution in [0.4, 0.5) is 0 Å². The molecule has 0 aliphatic heterocycles. The summed E-state index contributed by atoms with van der Waals surface area (Å²) in [6.07, 6.45) is 1.90. The van der Waals surface area contributed by atoms with Crippen molar-refractivity contribution in [2.75, 3.05) is 13.6 Å². The van der Waals surface area contributed by atoms with Crippen molar-refractivity contribution in [1.29, 1.82) is 0 Å². The Morgan fingerprint density at radius 3 is 2.40 bits per heavy atom. The van der Waals surface area contributed by atoms with Gasteiger partial charge in [-0.15, -0.1) is 0 Å². The molecule has 6 heteroatoms. The van der Waals surface area contributed by atoms with E-state index in [1.165, 1.54) is 12.1 Å². The molecule has 1 amide bonds. The SMILES string of the molecule is CCCCN(C)C(=O)c1cc(S(N)(=O)=O)cc(C)c1C. The number of carbonyl (C=O) groups excluding carboxylic acids is 1. The Hall–Kier alpha value is -1.40. The molecule has 0 heterocycles. The molecule has 112 valence electrons. The van der Waals surface area contributed by atoms with Gasteiger partial charge in [0.2, 0.25) is 10.0 Å². The van der Waals surface area contributed by atoms with Crippen LogP contribution in [0.15, 0.2) is 17.0 Å². The maximum atomic E-state index is 12.4. The van der Waals surface area contributed by atoms with Crippen LogP contribution in [-0.4, -0.2) is 32.8 Å². The van der Waals surface area contributed by atoms with Crippen molar-refractivity contribution in [3.8, 4) is 0 Å². The minimum atomic E-state index is -3.81. The molecule has 20 heavy (non-hydrogen) atoms. The summed E-state index contributed by atoms with van der Waals surface area (Å²) in [5.74, 6) is -0.176. The lowest BCUT2D eigenvalue weighted by atomic mass is 10.0. The first-order valence-corrected chi connectivity index (χ1v) is 8.12. The third-order valence-electron chi connectivity index (χ3n) is 3.39. The molecule has 0 spiro atoms. The molecular formula is C14H22N2O3S. The normalized spacial score (nSPS) is 11.4. The second kappa shape index (κ2) is 6.37. The van der Waals surface area contributed by atoms with Crippen molar-refractivity contribution < 1.29 is 13.2 Å². The first-order valence-electron chi connectivity index (χ1n) is 6.58. The number of amides is 1. The average molecular weight is 298 g/mol. The molecule has 2 N–H and O–H groups in total. The van der Waals surface area contributed by atoms with Gasteiger partial charge in [0.15, 0.2) is 0 Å². The van der Waals surface area contributed by atoms with Crippen LogP contribution in [-0.2, 0) is 10.0 Å². The molecule has 0 aromatic heterocycles. The molecule has 0 bridgehead atoms. The highest BCUT2D eigenvalue weighted by Gasteiger charge is 2.19. The summed E-state index contributed by atoms with van der Waals surface area (Å²) in [4.78, 5) is 14.0. The van der Waals surface area contributed by atoms with Gasteiger partial charge >= 0.3 is 0 Å². The van der Waals surface area contributed by atoms with Gasteiger partial charge in [0.05, 0.1) is 4.90 Å². The van der Waals surface area contributed by atoms with Crippen molar-refractivity contribution >= 4 is 15.9 Å². The van der Waals surface area contributed by atoms with E-state index in [1.807, 2.05) is 6.92 Å². The van der Waals surface area contributed by atoms with E-state index >= 15 is 0 Å². The summed E-state index contributed by atoms with van der Waals surface area (Å²) in [5.41, 5.74) is 1.92. The Kier molecular flexibility index (Phi) is 5.30. The van der Waals surface area contributed by atoms with Gasteiger partial charge in [-0.25, -0.2) is 13.6 Å². The van der Waals surface area contributed by atoms with Gasteiger partial charge in [-0.3, -0.25) is 4.79 Å². The van der Waals surface area contributed by atoms with E-state index in [9.17, 15) is 13.2 Å². The highest BCUT2D eigenvalue weighted by Crippen LogP contribution is 2.20. The van der Waals surface area contributed by atoms with E-state index in [2.05, 4.69) is 6.92 Å². The number of hydrogen-bond acceptors (Lipinski definition) is 3. The van der Waals surface area contributed by atoms with Crippen molar-refractivity contribution in [3.05, 3.63) is 28.8 Å². The number of aryl methyl sites for hydroxylation is 1. The van der Waals surface area contributed by atoms with E-state index in [0.29, 0.717) is 12.1 Å². The third kappa shape index (κ3) is 3.80. The number of nitrogens with two attached hydrogens (primary N) is 1. The van der Waals surface area contributed by atoms with Gasteiger partial charge < -0.3 is 4.90 Å². The number of hydrogen-bond donors (Lipinski definition) is 1. The van der Waals surface area contributed by atoms with E-state index in [-0.39, 0.29) is 10.8 Å². The van der Waals surface area contributed by atoms with Crippen LogP contribution in [0.2, 0.25) is 0 Å². The number of benzene rings is 1. The standard InChI is InChI=1S/C14H22N2O3S/c1-5-6-7-16(4)14(17)13-9-12(20(15,18)19)8-10(2)11(13)3/h8-9H,5-7H2,1-4H3,(H2,15,18,19). The molecule has 0 aliphatic rings. The first-order chi connectivity index (χ1) is 9.18. The van der Waals surface area contributed by atoms with E-state index in [4.69, 9.17) is 5.14 Å². The number of unbranched alkanes of at least 4 members (excludes halogenated alkanes) is 1. The highest BCUT2D eigenvalue weighted by molar-refractivity contribution is 7.89. The fraction of sp³-hybridized carbons (Fsp3) is 0.500. The number of nitrogens with zero attached hydrogens (tertiary/aromatic N) is 1. The molecule has 1 aromatic rings. The predicted molar refractivity (Wildman–Crippen MR) is 79.2 cm³/mol. The number of rotatable bonds is 5. The molecule has 0 saturated carbocycles. The quantitative estimate of drug-likeness (QED) is 0.900.